The maximum absolute atomic E-state index is 7.78. The number of aromatic nitrogens is 3. The van der Waals surface area contributed by atoms with Crippen molar-refractivity contribution in [1.29, 1.82) is 0 Å². The molecule has 0 amide bonds. The lowest BCUT2D eigenvalue weighted by Crippen LogP contribution is -2.54. The zero-order chi connectivity index (χ0) is 15.9. The summed E-state index contributed by atoms with van der Waals surface area (Å²) in [5.41, 5.74) is 6.68. The summed E-state index contributed by atoms with van der Waals surface area (Å²) in [6, 6.07) is 2.20. The van der Waals surface area contributed by atoms with Gasteiger partial charge >= 0.3 is 0 Å². The van der Waals surface area contributed by atoms with Gasteiger partial charge in [0, 0.05) is 35.4 Å². The maximum atomic E-state index is 7.78. The highest BCUT2D eigenvalue weighted by atomic mass is 15.1. The number of hydrogen-bond donors (Lipinski definition) is 3. The molecule has 1 aliphatic carbocycles. The molecule has 1 fully saturated rings. The van der Waals surface area contributed by atoms with Crippen molar-refractivity contribution < 1.29 is 1.37 Å². The van der Waals surface area contributed by atoms with Gasteiger partial charge in [0.1, 0.15) is 5.52 Å². The fraction of sp³-hybridized carbons (Fsp3) is 0.533. The van der Waals surface area contributed by atoms with Gasteiger partial charge in [0.2, 0.25) is 5.95 Å². The minimum Gasteiger partial charge on any atom is -0.366 e. The van der Waals surface area contributed by atoms with Gasteiger partial charge in [0.25, 0.3) is 0 Å². The Labute approximate surface area is 126 Å². The Morgan fingerprint density at radius 1 is 1.43 bits per heavy atom. The Bertz CT molecular complexity index is 692. The van der Waals surface area contributed by atoms with Crippen molar-refractivity contribution in [3.8, 4) is 0 Å². The van der Waals surface area contributed by atoms with Crippen molar-refractivity contribution in [1.82, 2.24) is 15.0 Å². The van der Waals surface area contributed by atoms with Crippen molar-refractivity contribution in [2.24, 2.45) is 5.73 Å². The van der Waals surface area contributed by atoms with Crippen LogP contribution in [0.25, 0.3) is 10.9 Å². The molecule has 0 aliphatic heterocycles. The summed E-state index contributed by atoms with van der Waals surface area (Å²) in [6.07, 6.45) is 3.76. The van der Waals surface area contributed by atoms with Crippen LogP contribution >= 0.6 is 0 Å². The predicted molar refractivity (Wildman–Crippen MR) is 85.3 cm³/mol. The van der Waals surface area contributed by atoms with E-state index in [0.29, 0.717) is 17.8 Å². The van der Waals surface area contributed by atoms with Gasteiger partial charge in [-0.15, -0.1) is 0 Å². The lowest BCUT2D eigenvalue weighted by Gasteiger charge is -2.42. The molecule has 1 aliphatic rings. The molecule has 6 nitrogen and oxygen atoms in total. The van der Waals surface area contributed by atoms with E-state index in [9.17, 15) is 0 Å². The third-order valence-corrected chi connectivity index (χ3v) is 3.62. The highest BCUT2D eigenvalue weighted by Crippen LogP contribution is 2.31. The van der Waals surface area contributed by atoms with Crippen molar-refractivity contribution in [3.05, 3.63) is 18.4 Å². The third kappa shape index (κ3) is 3.05. The molecule has 0 atom stereocenters. The van der Waals surface area contributed by atoms with E-state index >= 15 is 0 Å². The summed E-state index contributed by atoms with van der Waals surface area (Å²) in [5.74, 6) is 1.21. The van der Waals surface area contributed by atoms with E-state index in [1.54, 1.807) is 12.3 Å². The van der Waals surface area contributed by atoms with Crippen LogP contribution in [-0.4, -0.2) is 32.6 Å². The van der Waals surface area contributed by atoms with Crippen molar-refractivity contribution >= 4 is 22.7 Å². The number of anilines is 2. The maximum Gasteiger partial charge on any atom is 0.223 e. The average molecular weight is 287 g/mol. The van der Waals surface area contributed by atoms with Gasteiger partial charge in [-0.25, -0.2) is 15.0 Å². The van der Waals surface area contributed by atoms with Crippen molar-refractivity contribution in [2.75, 3.05) is 10.6 Å². The Morgan fingerprint density at radius 2 is 2.19 bits per heavy atom. The minimum absolute atomic E-state index is 0.0828. The topological polar surface area (TPSA) is 88.8 Å². The molecule has 2 aromatic heterocycles. The lowest BCUT2D eigenvalue weighted by atomic mass is 9.75. The first kappa shape index (κ1) is 12.8. The molecular weight excluding hydrogens is 264 g/mol. The second kappa shape index (κ2) is 5.11. The van der Waals surface area contributed by atoms with Gasteiger partial charge in [-0.05, 0) is 39.7 Å². The first-order valence-corrected chi connectivity index (χ1v) is 7.29. The molecule has 0 bridgehead atoms. The van der Waals surface area contributed by atoms with Gasteiger partial charge in [-0.2, -0.15) is 0 Å². The smallest absolute Gasteiger partial charge is 0.223 e. The van der Waals surface area contributed by atoms with Gasteiger partial charge in [-0.3, -0.25) is 0 Å². The number of rotatable bonds is 4. The molecule has 2 aromatic rings. The lowest BCUT2D eigenvalue weighted by molar-refractivity contribution is 0.247. The van der Waals surface area contributed by atoms with Crippen LogP contribution in [0.1, 0.15) is 35.0 Å². The molecule has 112 valence electrons. The van der Waals surface area contributed by atoms with Gasteiger partial charge in [-0.1, -0.05) is 0 Å². The van der Waals surface area contributed by atoms with Gasteiger partial charge in [0.15, 0.2) is 5.82 Å². The molecular formula is C15H22N6. The summed E-state index contributed by atoms with van der Waals surface area (Å²) >= 11 is 0. The fourth-order valence-corrected chi connectivity index (χ4v) is 2.70. The Balaban J connectivity index is 1.89. The molecule has 2 heterocycles. The number of hydrogen-bond acceptors (Lipinski definition) is 6. The molecule has 4 N–H and O–H groups in total. The first-order chi connectivity index (χ1) is 10.3. The van der Waals surface area contributed by atoms with E-state index in [0.717, 1.165) is 23.7 Å². The van der Waals surface area contributed by atoms with E-state index in [-0.39, 0.29) is 17.8 Å². The average Bonchev–Trinajstić information content (AvgIpc) is 2.36. The monoisotopic (exact) mass is 287 g/mol. The normalized spacial score (nSPS) is 25.6. The largest absolute Gasteiger partial charge is 0.366 e. The zero-order valence-corrected chi connectivity index (χ0v) is 12.6. The van der Waals surface area contributed by atoms with E-state index in [1.807, 2.05) is 13.8 Å². The highest BCUT2D eigenvalue weighted by Gasteiger charge is 2.37. The van der Waals surface area contributed by atoms with Crippen LogP contribution in [0.4, 0.5) is 11.8 Å². The van der Waals surface area contributed by atoms with E-state index in [4.69, 9.17) is 7.10 Å². The number of nitrogens with one attached hydrogen (secondary N) is 2. The summed E-state index contributed by atoms with van der Waals surface area (Å²) in [6.45, 7) is 6.11. The van der Waals surface area contributed by atoms with E-state index in [1.165, 1.54) is 0 Å². The van der Waals surface area contributed by atoms with Crippen LogP contribution in [0, 0.1) is 0 Å². The molecule has 6 heteroatoms. The van der Waals surface area contributed by atoms with Gasteiger partial charge in [0.05, 0.1) is 1.37 Å². The number of fused-ring (bicyclic) bond motifs is 1. The van der Waals surface area contributed by atoms with E-state index in [2.05, 4.69) is 32.5 Å². The Hall–Kier alpha value is -1.95. The molecule has 3 rings (SSSR count). The summed E-state index contributed by atoms with van der Waals surface area (Å²) in [7, 11) is 0. The quantitative estimate of drug-likeness (QED) is 0.798. The van der Waals surface area contributed by atoms with Crippen LogP contribution < -0.4 is 16.4 Å². The summed E-state index contributed by atoms with van der Waals surface area (Å²) < 4.78 is 7.78. The van der Waals surface area contributed by atoms with E-state index < -0.39 is 0 Å². The standard InChI is InChI=1S/C15H22N6/c1-9(2)19-13-12-10(4-5-17-13)8-18-14(21-12)20-11-6-15(3,16)7-11/h4-5,8-9,11H,6-7,16H2,1-3H3,(H,17,19)(H,18,20,21)/i5D. The van der Waals surface area contributed by atoms with Crippen LogP contribution in [0.5, 0.6) is 0 Å². The third-order valence-electron chi connectivity index (χ3n) is 3.62. The first-order valence-electron chi connectivity index (χ1n) is 7.79. The molecule has 21 heavy (non-hydrogen) atoms. The molecule has 1 saturated carbocycles. The molecule has 0 aromatic carbocycles. The minimum atomic E-state index is -0.0828. The fourth-order valence-electron chi connectivity index (χ4n) is 2.70. The summed E-state index contributed by atoms with van der Waals surface area (Å²) in [5, 5.41) is 7.37. The number of pyridine rings is 1. The molecule has 0 saturated heterocycles. The van der Waals surface area contributed by atoms with Crippen molar-refractivity contribution in [3.63, 3.8) is 0 Å². The molecule has 0 spiro atoms. The second-order valence-corrected chi connectivity index (χ2v) is 6.43. The number of nitrogens with two attached hydrogens (primary N) is 1. The van der Waals surface area contributed by atoms with Gasteiger partial charge < -0.3 is 16.4 Å². The highest BCUT2D eigenvalue weighted by molar-refractivity contribution is 5.88. The Kier molecular flexibility index (Phi) is 3.11. The van der Waals surface area contributed by atoms with Crippen LogP contribution in [0.3, 0.4) is 0 Å². The van der Waals surface area contributed by atoms with Crippen molar-refractivity contribution in [2.45, 2.75) is 51.2 Å². The second-order valence-electron chi connectivity index (χ2n) is 6.43. The van der Waals surface area contributed by atoms with Crippen LogP contribution in [-0.2, 0) is 0 Å². The summed E-state index contributed by atoms with van der Waals surface area (Å²) in [4.78, 5) is 13.1. The Morgan fingerprint density at radius 3 is 2.86 bits per heavy atom. The number of nitrogens with zero attached hydrogens (tertiary/aromatic N) is 3. The predicted octanol–water partition coefficient (Wildman–Crippen LogP) is 2.14. The molecule has 0 radical (unpaired) electrons. The van der Waals surface area contributed by atoms with Crippen LogP contribution in [0.2, 0.25) is 0 Å². The SMILES string of the molecule is [2H]c1cc2cnc(NC3CC(C)(N)C3)nc2c(NC(C)C)n1. The molecule has 0 unspecified atom stereocenters. The van der Waals surface area contributed by atoms with Crippen LogP contribution in [0.15, 0.2) is 18.4 Å². The zero-order valence-electron chi connectivity index (χ0n) is 13.6.